The normalized spacial score (nSPS) is 14.4. The van der Waals surface area contributed by atoms with Gasteiger partial charge in [0.15, 0.2) is 0 Å². The third kappa shape index (κ3) is 6.65. The summed E-state index contributed by atoms with van der Waals surface area (Å²) < 4.78 is 29.9. The summed E-state index contributed by atoms with van der Waals surface area (Å²) >= 11 is 0. The number of rotatable bonds is 7. The molecule has 0 heterocycles. The smallest absolute Gasteiger partial charge is 0.278 e. The van der Waals surface area contributed by atoms with Gasteiger partial charge in [0.25, 0.3) is 10.1 Å². The molecule has 1 N–H and O–H groups in total. The second-order valence-corrected chi connectivity index (χ2v) is 7.24. The summed E-state index contributed by atoms with van der Waals surface area (Å²) in [6, 6.07) is 0. The van der Waals surface area contributed by atoms with E-state index in [1.807, 2.05) is 13.8 Å². The lowest BCUT2D eigenvalue weighted by Gasteiger charge is -2.10. The molecule has 0 aliphatic carbocycles. The summed E-state index contributed by atoms with van der Waals surface area (Å²) in [4.78, 5) is 0. The predicted molar refractivity (Wildman–Crippen MR) is 60.6 cm³/mol. The molecule has 80 valence electrons. The minimum atomic E-state index is -3.87. The van der Waals surface area contributed by atoms with E-state index in [4.69, 9.17) is 4.55 Å². The van der Waals surface area contributed by atoms with E-state index >= 15 is 0 Å². The average molecular weight is 244 g/mol. The Bertz CT molecular complexity index is 213. The molecular formula is C7H16O3S3. The minimum Gasteiger partial charge on any atom is -0.285 e. The van der Waals surface area contributed by atoms with Gasteiger partial charge >= 0.3 is 0 Å². The first-order valence-electron chi connectivity index (χ1n) is 4.27. The van der Waals surface area contributed by atoms with Crippen molar-refractivity contribution in [2.24, 2.45) is 0 Å². The van der Waals surface area contributed by atoms with E-state index in [1.165, 1.54) is 21.6 Å². The Hall–Kier alpha value is 0.610. The fraction of sp³-hybridized carbons (Fsp3) is 1.00. The molecule has 0 saturated heterocycles. The van der Waals surface area contributed by atoms with Crippen molar-refractivity contribution in [1.82, 2.24) is 0 Å². The first kappa shape index (κ1) is 13.6. The van der Waals surface area contributed by atoms with Gasteiger partial charge in [-0.15, -0.1) is 0 Å². The molecule has 13 heavy (non-hydrogen) atoms. The van der Waals surface area contributed by atoms with Crippen LogP contribution >= 0.6 is 21.6 Å². The third-order valence-corrected chi connectivity index (χ3v) is 6.37. The fourth-order valence-electron chi connectivity index (χ4n) is 0.690. The zero-order valence-corrected chi connectivity index (χ0v) is 10.3. The molecule has 0 saturated carbocycles. The highest BCUT2D eigenvalue weighted by atomic mass is 33.1. The lowest BCUT2D eigenvalue weighted by molar-refractivity contribution is 0.477. The Morgan fingerprint density at radius 2 is 1.92 bits per heavy atom. The summed E-state index contributed by atoms with van der Waals surface area (Å²) in [5, 5.41) is 0. The monoisotopic (exact) mass is 244 g/mol. The van der Waals surface area contributed by atoms with E-state index in [9.17, 15) is 8.42 Å². The van der Waals surface area contributed by atoms with Gasteiger partial charge in [0.1, 0.15) is 4.58 Å². The van der Waals surface area contributed by atoms with Crippen molar-refractivity contribution in [3.8, 4) is 0 Å². The molecule has 1 atom stereocenters. The van der Waals surface area contributed by atoms with Gasteiger partial charge in [-0.05, 0) is 12.8 Å². The van der Waals surface area contributed by atoms with Crippen LogP contribution in [0.5, 0.6) is 0 Å². The van der Waals surface area contributed by atoms with Gasteiger partial charge in [0.05, 0.1) is 0 Å². The van der Waals surface area contributed by atoms with E-state index in [1.54, 1.807) is 0 Å². The first-order chi connectivity index (χ1) is 6.02. The van der Waals surface area contributed by atoms with Crippen molar-refractivity contribution >= 4 is 31.7 Å². The molecule has 0 aliphatic heterocycles. The Morgan fingerprint density at radius 1 is 1.31 bits per heavy atom. The van der Waals surface area contributed by atoms with Gasteiger partial charge in [-0.2, -0.15) is 8.42 Å². The van der Waals surface area contributed by atoms with Crippen LogP contribution in [0.15, 0.2) is 0 Å². The highest BCUT2D eigenvalue weighted by Gasteiger charge is 2.22. The molecule has 0 fully saturated rings. The van der Waals surface area contributed by atoms with Crippen molar-refractivity contribution in [1.29, 1.82) is 0 Å². The lowest BCUT2D eigenvalue weighted by Crippen LogP contribution is -2.15. The molecule has 0 aromatic heterocycles. The van der Waals surface area contributed by atoms with Gasteiger partial charge < -0.3 is 0 Å². The van der Waals surface area contributed by atoms with Crippen molar-refractivity contribution in [2.45, 2.75) is 37.7 Å². The van der Waals surface area contributed by atoms with E-state index in [0.29, 0.717) is 6.42 Å². The maximum atomic E-state index is 10.8. The second kappa shape index (κ2) is 6.98. The van der Waals surface area contributed by atoms with Crippen LogP contribution < -0.4 is 0 Å². The molecule has 6 heteroatoms. The van der Waals surface area contributed by atoms with Gasteiger partial charge in [-0.1, -0.05) is 41.9 Å². The molecule has 0 aromatic rings. The maximum absolute atomic E-state index is 10.8. The Labute approximate surface area is 88.2 Å². The molecule has 0 bridgehead atoms. The van der Waals surface area contributed by atoms with Crippen LogP contribution in [-0.2, 0) is 10.1 Å². The van der Waals surface area contributed by atoms with Gasteiger partial charge in [0, 0.05) is 5.75 Å². The Balaban J connectivity index is 3.96. The number of hydrogen-bond donors (Lipinski definition) is 1. The van der Waals surface area contributed by atoms with E-state index < -0.39 is 14.7 Å². The molecular weight excluding hydrogens is 228 g/mol. The van der Waals surface area contributed by atoms with Crippen LogP contribution in [0.1, 0.15) is 33.1 Å². The second-order valence-electron chi connectivity index (χ2n) is 2.65. The number of hydrogen-bond acceptors (Lipinski definition) is 4. The van der Waals surface area contributed by atoms with Crippen LogP contribution in [-0.4, -0.2) is 23.3 Å². The summed E-state index contributed by atoms with van der Waals surface area (Å²) in [6.07, 6.45) is 2.30. The topological polar surface area (TPSA) is 54.4 Å². The van der Waals surface area contributed by atoms with E-state index in [-0.39, 0.29) is 0 Å². The van der Waals surface area contributed by atoms with Gasteiger partial charge in [-0.3, -0.25) is 4.55 Å². The molecule has 0 amide bonds. The maximum Gasteiger partial charge on any atom is 0.278 e. The van der Waals surface area contributed by atoms with E-state index in [0.717, 1.165) is 18.6 Å². The van der Waals surface area contributed by atoms with Crippen LogP contribution in [0.4, 0.5) is 0 Å². The molecule has 0 aliphatic rings. The van der Waals surface area contributed by atoms with Crippen LogP contribution in [0, 0.1) is 0 Å². The third-order valence-electron chi connectivity index (χ3n) is 1.32. The highest BCUT2D eigenvalue weighted by molar-refractivity contribution is 8.78. The van der Waals surface area contributed by atoms with Crippen molar-refractivity contribution in [3.63, 3.8) is 0 Å². The van der Waals surface area contributed by atoms with Crippen molar-refractivity contribution in [3.05, 3.63) is 0 Å². The van der Waals surface area contributed by atoms with Gasteiger partial charge in [0.2, 0.25) is 0 Å². The quantitative estimate of drug-likeness (QED) is 0.424. The summed E-state index contributed by atoms with van der Waals surface area (Å²) in [7, 11) is -1.10. The SMILES string of the molecule is CCCSSC(CCC)S(=O)(=O)O. The Morgan fingerprint density at radius 3 is 2.31 bits per heavy atom. The molecule has 0 aromatic carbocycles. The predicted octanol–water partition coefficient (Wildman–Crippen LogP) is 2.79. The molecule has 0 radical (unpaired) electrons. The van der Waals surface area contributed by atoms with Crippen molar-refractivity contribution < 1.29 is 13.0 Å². The van der Waals surface area contributed by atoms with Crippen LogP contribution in [0.3, 0.4) is 0 Å². The first-order valence-corrected chi connectivity index (χ1v) is 8.15. The molecule has 0 spiro atoms. The van der Waals surface area contributed by atoms with Gasteiger partial charge in [-0.25, -0.2) is 0 Å². The van der Waals surface area contributed by atoms with E-state index in [2.05, 4.69) is 0 Å². The standard InChI is InChI=1S/C7H16O3S3/c1-3-5-7(13(8,9)10)12-11-6-4-2/h7H,3-6H2,1-2H3,(H,8,9,10). The summed E-state index contributed by atoms with van der Waals surface area (Å²) in [5.74, 6) is 0.917. The van der Waals surface area contributed by atoms with Crippen molar-refractivity contribution in [2.75, 3.05) is 5.75 Å². The zero-order chi connectivity index (χ0) is 10.3. The minimum absolute atomic E-state index is 0.514. The summed E-state index contributed by atoms with van der Waals surface area (Å²) in [5.41, 5.74) is 0. The summed E-state index contributed by atoms with van der Waals surface area (Å²) in [6.45, 7) is 3.94. The average Bonchev–Trinajstić information content (AvgIpc) is 2.01. The zero-order valence-electron chi connectivity index (χ0n) is 7.89. The fourth-order valence-corrected chi connectivity index (χ4v) is 5.29. The highest BCUT2D eigenvalue weighted by Crippen LogP contribution is 2.32. The van der Waals surface area contributed by atoms with Crippen LogP contribution in [0.25, 0.3) is 0 Å². The Kier molecular flexibility index (Phi) is 7.30. The lowest BCUT2D eigenvalue weighted by atomic mass is 10.4. The molecule has 0 rings (SSSR count). The van der Waals surface area contributed by atoms with Crippen LogP contribution in [0.2, 0.25) is 0 Å². The molecule has 3 nitrogen and oxygen atoms in total. The molecule has 1 unspecified atom stereocenters. The largest absolute Gasteiger partial charge is 0.285 e.